The van der Waals surface area contributed by atoms with E-state index in [9.17, 15) is 4.79 Å². The highest BCUT2D eigenvalue weighted by molar-refractivity contribution is 5.91. The molecule has 6 heteroatoms. The maximum Gasteiger partial charge on any atom is 0.271 e. The van der Waals surface area contributed by atoms with Crippen LogP contribution in [0.2, 0.25) is 0 Å². The molecule has 0 saturated carbocycles. The first-order valence-electron chi connectivity index (χ1n) is 2.56. The van der Waals surface area contributed by atoms with E-state index in [-0.39, 0.29) is 18.0 Å². The smallest absolute Gasteiger partial charge is 0.271 e. The van der Waals surface area contributed by atoms with E-state index < -0.39 is 5.91 Å². The van der Waals surface area contributed by atoms with E-state index in [1.807, 2.05) is 0 Å². The van der Waals surface area contributed by atoms with Crippen LogP contribution in [0.1, 0.15) is 16.2 Å². The number of H-pyrrole nitrogens is 1. The number of hydrogen-bond acceptors (Lipinski definition) is 4. The van der Waals surface area contributed by atoms with E-state index in [2.05, 4.69) is 15.4 Å². The van der Waals surface area contributed by atoms with E-state index in [0.29, 0.717) is 0 Å². The van der Waals surface area contributed by atoms with E-state index in [1.165, 1.54) is 0 Å². The number of hydrogen-bond donors (Lipinski definition) is 3. The van der Waals surface area contributed by atoms with Gasteiger partial charge in [-0.25, -0.2) is 0 Å². The lowest BCUT2D eigenvalue weighted by atomic mass is 10.3. The SMILES string of the molecule is NC(=O)c1n[nH]nc1CO. The summed E-state index contributed by atoms with van der Waals surface area (Å²) in [7, 11) is 0. The van der Waals surface area contributed by atoms with Crippen LogP contribution >= 0.6 is 0 Å². The van der Waals surface area contributed by atoms with Crippen molar-refractivity contribution in [1.82, 2.24) is 15.4 Å². The highest BCUT2D eigenvalue weighted by Gasteiger charge is 2.10. The zero-order valence-electron chi connectivity index (χ0n) is 5.03. The Morgan fingerprint density at radius 3 is 2.80 bits per heavy atom. The molecule has 0 aliphatic rings. The van der Waals surface area contributed by atoms with Gasteiger partial charge in [0, 0.05) is 0 Å². The Hall–Kier alpha value is -1.43. The number of carbonyl (C=O) groups excluding carboxylic acids is 1. The van der Waals surface area contributed by atoms with Gasteiger partial charge in [0.05, 0.1) is 6.61 Å². The molecule has 0 fully saturated rings. The lowest BCUT2D eigenvalue weighted by molar-refractivity contribution is 0.0992. The van der Waals surface area contributed by atoms with Gasteiger partial charge < -0.3 is 10.8 Å². The molecule has 10 heavy (non-hydrogen) atoms. The number of aromatic amines is 1. The largest absolute Gasteiger partial charge is 0.390 e. The molecule has 1 aromatic heterocycles. The quantitative estimate of drug-likeness (QED) is 0.462. The van der Waals surface area contributed by atoms with Gasteiger partial charge in [0.2, 0.25) is 0 Å². The minimum absolute atomic E-state index is 0.0116. The molecule has 4 N–H and O–H groups in total. The maximum absolute atomic E-state index is 10.4. The Bertz CT molecular complexity index is 243. The van der Waals surface area contributed by atoms with Crippen LogP contribution in [0, 0.1) is 0 Å². The minimum atomic E-state index is -0.696. The zero-order valence-corrected chi connectivity index (χ0v) is 5.03. The van der Waals surface area contributed by atoms with Gasteiger partial charge in [-0.05, 0) is 0 Å². The number of rotatable bonds is 2. The second-order valence-corrected chi connectivity index (χ2v) is 1.64. The third-order valence-electron chi connectivity index (χ3n) is 1.00. The Labute approximate surface area is 56.0 Å². The van der Waals surface area contributed by atoms with Crippen molar-refractivity contribution in [1.29, 1.82) is 0 Å². The van der Waals surface area contributed by atoms with Crippen molar-refractivity contribution in [3.8, 4) is 0 Å². The molecular formula is C4H6N4O2. The number of nitrogens with zero attached hydrogens (tertiary/aromatic N) is 2. The number of carbonyl (C=O) groups is 1. The monoisotopic (exact) mass is 142 g/mol. The molecule has 0 radical (unpaired) electrons. The van der Waals surface area contributed by atoms with Crippen molar-refractivity contribution in [2.45, 2.75) is 6.61 Å². The number of aromatic nitrogens is 3. The number of aliphatic hydroxyl groups is 1. The predicted molar refractivity (Wildman–Crippen MR) is 30.8 cm³/mol. The van der Waals surface area contributed by atoms with Crippen LogP contribution in [0.4, 0.5) is 0 Å². The second kappa shape index (κ2) is 2.44. The van der Waals surface area contributed by atoms with Crippen molar-refractivity contribution in [3.63, 3.8) is 0 Å². The highest BCUT2D eigenvalue weighted by atomic mass is 16.3. The summed E-state index contributed by atoms with van der Waals surface area (Å²) in [6, 6.07) is 0. The molecular weight excluding hydrogens is 136 g/mol. The Kier molecular flexibility index (Phi) is 1.63. The molecule has 0 bridgehead atoms. The second-order valence-electron chi connectivity index (χ2n) is 1.64. The maximum atomic E-state index is 10.4. The van der Waals surface area contributed by atoms with E-state index in [0.717, 1.165) is 0 Å². The van der Waals surface area contributed by atoms with Crippen molar-refractivity contribution in [2.75, 3.05) is 0 Å². The van der Waals surface area contributed by atoms with Crippen molar-refractivity contribution in [3.05, 3.63) is 11.4 Å². The third kappa shape index (κ3) is 0.960. The first-order valence-corrected chi connectivity index (χ1v) is 2.56. The average Bonchev–Trinajstić information content (AvgIpc) is 2.33. The summed E-state index contributed by atoms with van der Waals surface area (Å²) in [6.07, 6.45) is 0. The van der Waals surface area contributed by atoms with Gasteiger partial charge >= 0.3 is 0 Å². The van der Waals surface area contributed by atoms with Crippen molar-refractivity contribution < 1.29 is 9.90 Å². The number of amides is 1. The molecule has 0 aliphatic heterocycles. The molecule has 0 unspecified atom stereocenters. The fourth-order valence-electron chi connectivity index (χ4n) is 0.560. The van der Waals surface area contributed by atoms with Crippen LogP contribution in [-0.2, 0) is 6.61 Å². The van der Waals surface area contributed by atoms with Gasteiger partial charge in [0.25, 0.3) is 5.91 Å². The van der Waals surface area contributed by atoms with E-state index >= 15 is 0 Å². The molecule has 6 nitrogen and oxygen atoms in total. The van der Waals surface area contributed by atoms with Gasteiger partial charge in [-0.1, -0.05) is 0 Å². The standard InChI is InChI=1S/C4H6N4O2/c5-4(10)3-2(1-9)6-8-7-3/h9H,1H2,(H2,5,10)(H,6,7,8). The molecule has 0 saturated heterocycles. The van der Waals surface area contributed by atoms with Crippen LogP contribution in [0.25, 0.3) is 0 Å². The average molecular weight is 142 g/mol. The molecule has 1 heterocycles. The Morgan fingerprint density at radius 2 is 2.40 bits per heavy atom. The number of aliphatic hydroxyl groups excluding tert-OH is 1. The number of nitrogens with one attached hydrogen (secondary N) is 1. The van der Waals surface area contributed by atoms with Crippen LogP contribution in [0.5, 0.6) is 0 Å². The van der Waals surface area contributed by atoms with Crippen LogP contribution in [-0.4, -0.2) is 26.4 Å². The molecule has 1 aromatic rings. The predicted octanol–water partition coefficient (Wildman–Crippen LogP) is -1.60. The van der Waals surface area contributed by atoms with Gasteiger partial charge in [-0.3, -0.25) is 4.79 Å². The van der Waals surface area contributed by atoms with Gasteiger partial charge in [0.1, 0.15) is 5.69 Å². The lowest BCUT2D eigenvalue weighted by Gasteiger charge is -1.87. The first kappa shape index (κ1) is 6.69. The Morgan fingerprint density at radius 1 is 1.70 bits per heavy atom. The van der Waals surface area contributed by atoms with E-state index in [4.69, 9.17) is 10.8 Å². The van der Waals surface area contributed by atoms with Crippen molar-refractivity contribution in [2.24, 2.45) is 5.73 Å². The number of primary amides is 1. The van der Waals surface area contributed by atoms with Crippen molar-refractivity contribution >= 4 is 5.91 Å². The molecule has 1 rings (SSSR count). The first-order chi connectivity index (χ1) is 4.75. The molecule has 0 aliphatic carbocycles. The fraction of sp³-hybridized carbons (Fsp3) is 0.250. The zero-order chi connectivity index (χ0) is 7.56. The molecule has 0 spiro atoms. The summed E-state index contributed by atoms with van der Waals surface area (Å²) in [4.78, 5) is 10.4. The fourth-order valence-corrected chi connectivity index (χ4v) is 0.560. The third-order valence-corrected chi connectivity index (χ3v) is 1.00. The summed E-state index contributed by atoms with van der Waals surface area (Å²) >= 11 is 0. The topological polar surface area (TPSA) is 105 Å². The summed E-state index contributed by atoms with van der Waals surface area (Å²) in [6.45, 7) is -0.339. The summed E-state index contributed by atoms with van der Waals surface area (Å²) < 4.78 is 0. The van der Waals surface area contributed by atoms with Crippen LogP contribution in [0.15, 0.2) is 0 Å². The molecule has 1 amide bonds. The molecule has 0 aromatic carbocycles. The van der Waals surface area contributed by atoms with Gasteiger partial charge in [0.15, 0.2) is 5.69 Å². The lowest BCUT2D eigenvalue weighted by Crippen LogP contribution is -2.13. The van der Waals surface area contributed by atoms with Gasteiger partial charge in [-0.15, -0.1) is 0 Å². The normalized spacial score (nSPS) is 9.70. The minimum Gasteiger partial charge on any atom is -0.390 e. The highest BCUT2D eigenvalue weighted by Crippen LogP contribution is 1.97. The Balaban J connectivity index is 3.01. The molecule has 54 valence electrons. The summed E-state index contributed by atoms with van der Waals surface area (Å²) in [5, 5.41) is 17.6. The van der Waals surface area contributed by atoms with Crippen LogP contribution < -0.4 is 5.73 Å². The van der Waals surface area contributed by atoms with Gasteiger partial charge in [-0.2, -0.15) is 15.4 Å². The summed E-state index contributed by atoms with van der Waals surface area (Å²) in [5.41, 5.74) is 5.02. The van der Waals surface area contributed by atoms with E-state index in [1.54, 1.807) is 0 Å². The summed E-state index contributed by atoms with van der Waals surface area (Å²) in [5.74, 6) is -0.696. The van der Waals surface area contributed by atoms with Crippen LogP contribution in [0.3, 0.4) is 0 Å². The number of nitrogens with two attached hydrogens (primary N) is 1. The molecule has 0 atom stereocenters.